The van der Waals surface area contributed by atoms with E-state index in [1.165, 1.54) is 5.56 Å². The Balaban J connectivity index is 0.000000640. The largest absolute Gasteiger partial charge is 0.262 e. The maximum atomic E-state index is 4.04. The van der Waals surface area contributed by atoms with Crippen molar-refractivity contribution in [2.75, 3.05) is 0 Å². The third kappa shape index (κ3) is 2.31. The Kier molecular flexibility index (Phi) is 3.00. The van der Waals surface area contributed by atoms with Gasteiger partial charge in [0.1, 0.15) is 0 Å². The van der Waals surface area contributed by atoms with Gasteiger partial charge in [-0.25, -0.2) is 0 Å². The minimum atomic E-state index is 0. The van der Waals surface area contributed by atoms with Gasteiger partial charge in [-0.15, -0.1) is 0 Å². The molecule has 0 radical (unpaired) electrons. The lowest BCUT2D eigenvalue weighted by Crippen LogP contribution is -1.78. The van der Waals surface area contributed by atoms with E-state index in [1.807, 2.05) is 19.2 Å². The molecule has 0 saturated heterocycles. The molecule has 0 amide bonds. The van der Waals surface area contributed by atoms with E-state index >= 15 is 0 Å². The van der Waals surface area contributed by atoms with Crippen LogP contribution in [-0.2, 0) is 0 Å². The van der Waals surface area contributed by atoms with E-state index in [4.69, 9.17) is 0 Å². The second-order valence-electron chi connectivity index (χ2n) is 1.97. The number of pyridine rings is 1. The summed E-state index contributed by atoms with van der Waals surface area (Å²) in [5, 5.41) is 0. The van der Waals surface area contributed by atoms with E-state index in [0.29, 0.717) is 0 Å². The first kappa shape index (κ1) is 8.21. The van der Waals surface area contributed by atoms with Gasteiger partial charge in [0.2, 0.25) is 0 Å². The van der Waals surface area contributed by atoms with Crippen LogP contribution in [0.5, 0.6) is 0 Å². The molecule has 1 nitrogen and oxygen atoms in total. The van der Waals surface area contributed by atoms with Crippen LogP contribution < -0.4 is 0 Å². The molecule has 0 spiro atoms. The van der Waals surface area contributed by atoms with Crippen LogP contribution >= 0.6 is 0 Å². The van der Waals surface area contributed by atoms with Crippen molar-refractivity contribution in [3.8, 4) is 0 Å². The highest BCUT2D eigenvalue weighted by molar-refractivity contribution is 5.75. The number of aromatic nitrogens is 1. The topological polar surface area (TPSA) is 12.9 Å². The molecule has 9 heavy (non-hydrogen) atoms. The molecule has 1 aromatic heterocycles. The average Bonchev–Trinajstić information content (AvgIpc) is 1.64. The summed E-state index contributed by atoms with van der Waals surface area (Å²) in [5.41, 5.74) is 2.36. The fraction of sp³-hybridized carbons (Fsp3) is 0.286. The predicted molar refractivity (Wildman–Crippen MR) is 43.7 cm³/mol. The first-order valence-corrected chi connectivity index (χ1v) is 2.68. The number of nitrogens with zero attached hydrogens (tertiary/aromatic N) is 1. The van der Waals surface area contributed by atoms with Crippen molar-refractivity contribution in [3.05, 3.63) is 29.6 Å². The molecule has 0 N–H and O–H groups in total. The van der Waals surface area contributed by atoms with Crippen LogP contribution in [0.1, 0.15) is 11.3 Å². The highest BCUT2D eigenvalue weighted by Gasteiger charge is 1.82. The van der Waals surface area contributed by atoms with Crippen LogP contribution in [0.2, 0.25) is 0 Å². The number of aryl methyl sites for hydroxylation is 2. The van der Waals surface area contributed by atoms with Crippen LogP contribution in [0.4, 0.5) is 0 Å². The standard InChI is InChI=1S/C7H9N.BH3/c1-6-3-4-8-7(2)5-6;/h3-5H,1-2H3;1H3. The minimum absolute atomic E-state index is 0. The quantitative estimate of drug-likeness (QED) is 0.456. The van der Waals surface area contributed by atoms with E-state index in [1.54, 1.807) is 0 Å². The minimum Gasteiger partial charge on any atom is -0.262 e. The lowest BCUT2D eigenvalue weighted by atomic mass is 10.3. The van der Waals surface area contributed by atoms with Gasteiger partial charge >= 0.3 is 0 Å². The lowest BCUT2D eigenvalue weighted by Gasteiger charge is -1.90. The Morgan fingerprint density at radius 2 is 2.00 bits per heavy atom. The van der Waals surface area contributed by atoms with Crippen LogP contribution in [-0.4, -0.2) is 13.4 Å². The van der Waals surface area contributed by atoms with Crippen molar-refractivity contribution in [3.63, 3.8) is 0 Å². The van der Waals surface area contributed by atoms with Gasteiger partial charge in [0.15, 0.2) is 0 Å². The Bertz CT molecular complexity index is 169. The molecule has 48 valence electrons. The molecule has 0 fully saturated rings. The van der Waals surface area contributed by atoms with Gasteiger partial charge in [0, 0.05) is 11.9 Å². The van der Waals surface area contributed by atoms with Crippen molar-refractivity contribution in [1.82, 2.24) is 4.98 Å². The molecule has 1 heterocycles. The molecule has 1 rings (SSSR count). The van der Waals surface area contributed by atoms with Crippen LogP contribution in [0.15, 0.2) is 18.3 Å². The summed E-state index contributed by atoms with van der Waals surface area (Å²) in [6, 6.07) is 4.05. The highest BCUT2D eigenvalue weighted by atomic mass is 14.6. The Morgan fingerprint density at radius 3 is 2.33 bits per heavy atom. The van der Waals surface area contributed by atoms with Gasteiger partial charge in [-0.2, -0.15) is 0 Å². The van der Waals surface area contributed by atoms with E-state index in [0.717, 1.165) is 5.69 Å². The van der Waals surface area contributed by atoms with Crippen LogP contribution in [0.25, 0.3) is 0 Å². The third-order valence-electron chi connectivity index (χ3n) is 1.05. The molecule has 0 aliphatic carbocycles. The zero-order chi connectivity index (χ0) is 5.98. The van der Waals surface area contributed by atoms with E-state index < -0.39 is 0 Å². The molecule has 0 atom stereocenters. The second-order valence-corrected chi connectivity index (χ2v) is 1.97. The van der Waals surface area contributed by atoms with Crippen molar-refractivity contribution < 1.29 is 0 Å². The summed E-state index contributed by atoms with van der Waals surface area (Å²) in [6.07, 6.45) is 1.82. The van der Waals surface area contributed by atoms with Gasteiger partial charge in [0.05, 0.1) is 8.41 Å². The molecule has 0 aromatic carbocycles. The predicted octanol–water partition coefficient (Wildman–Crippen LogP) is 0.515. The highest BCUT2D eigenvalue weighted by Crippen LogP contribution is 1.95. The van der Waals surface area contributed by atoms with Gasteiger partial charge in [-0.3, -0.25) is 4.98 Å². The van der Waals surface area contributed by atoms with E-state index in [9.17, 15) is 0 Å². The number of hydrogen-bond acceptors (Lipinski definition) is 1. The fourth-order valence-electron chi connectivity index (χ4n) is 0.687. The third-order valence-corrected chi connectivity index (χ3v) is 1.05. The molecule has 0 unspecified atom stereocenters. The Labute approximate surface area is 57.7 Å². The maximum Gasteiger partial charge on any atom is 0.0814 e. The monoisotopic (exact) mass is 121 g/mol. The van der Waals surface area contributed by atoms with Gasteiger partial charge < -0.3 is 0 Å². The summed E-state index contributed by atoms with van der Waals surface area (Å²) in [6.45, 7) is 4.06. The zero-order valence-corrected chi connectivity index (χ0v) is 5.18. The maximum absolute atomic E-state index is 4.04. The smallest absolute Gasteiger partial charge is 0.0814 e. The number of rotatable bonds is 0. The Morgan fingerprint density at radius 1 is 1.33 bits per heavy atom. The van der Waals surface area contributed by atoms with Crippen molar-refractivity contribution in [2.45, 2.75) is 13.8 Å². The average molecular weight is 121 g/mol. The summed E-state index contributed by atoms with van der Waals surface area (Å²) >= 11 is 0. The molecule has 0 aliphatic rings. The second kappa shape index (κ2) is 3.28. The molecule has 2 heteroatoms. The van der Waals surface area contributed by atoms with Gasteiger partial charge in [0.25, 0.3) is 0 Å². The van der Waals surface area contributed by atoms with E-state index in [2.05, 4.69) is 18.0 Å². The first-order valence-electron chi connectivity index (χ1n) is 2.68. The van der Waals surface area contributed by atoms with Crippen molar-refractivity contribution >= 4 is 8.41 Å². The zero-order valence-electron chi connectivity index (χ0n) is 5.18. The number of hydrogen-bond donors (Lipinski definition) is 0. The molecule has 1 aromatic rings. The van der Waals surface area contributed by atoms with Gasteiger partial charge in [-0.1, -0.05) is 0 Å². The normalized spacial score (nSPS) is 8.22. The Hall–Kier alpha value is -0.785. The molecule has 0 aliphatic heterocycles. The molecule has 0 saturated carbocycles. The molecular formula is C7H12BN. The summed E-state index contributed by atoms with van der Waals surface area (Å²) < 4.78 is 0. The fourth-order valence-corrected chi connectivity index (χ4v) is 0.687. The lowest BCUT2D eigenvalue weighted by molar-refractivity contribution is 1.18. The summed E-state index contributed by atoms with van der Waals surface area (Å²) in [4.78, 5) is 4.04. The van der Waals surface area contributed by atoms with Crippen LogP contribution in [0.3, 0.4) is 0 Å². The van der Waals surface area contributed by atoms with Crippen LogP contribution in [0, 0.1) is 13.8 Å². The van der Waals surface area contributed by atoms with E-state index in [-0.39, 0.29) is 8.41 Å². The SMILES string of the molecule is B.Cc1ccnc(C)c1. The van der Waals surface area contributed by atoms with Crippen molar-refractivity contribution in [2.24, 2.45) is 0 Å². The molecular weight excluding hydrogens is 109 g/mol. The molecule has 0 bridgehead atoms. The van der Waals surface area contributed by atoms with Gasteiger partial charge in [-0.05, 0) is 31.5 Å². The van der Waals surface area contributed by atoms with Crippen molar-refractivity contribution in [1.29, 1.82) is 0 Å². The first-order chi connectivity index (χ1) is 3.79. The summed E-state index contributed by atoms with van der Waals surface area (Å²) in [5.74, 6) is 0. The summed E-state index contributed by atoms with van der Waals surface area (Å²) in [7, 11) is 0.